The predicted octanol–water partition coefficient (Wildman–Crippen LogP) is 5.87. The van der Waals surface area contributed by atoms with Gasteiger partial charge in [-0.2, -0.15) is 5.10 Å². The summed E-state index contributed by atoms with van der Waals surface area (Å²) < 4.78 is 7.03. The molecule has 192 valence electrons. The van der Waals surface area contributed by atoms with E-state index >= 15 is 0 Å². The minimum Gasteiger partial charge on any atom is -0.479 e. The molecule has 0 fully saturated rings. The Bertz CT molecular complexity index is 1360. The molecule has 0 saturated carbocycles. The smallest absolute Gasteiger partial charge is 0.344 e. The van der Waals surface area contributed by atoms with Crippen molar-refractivity contribution in [2.75, 3.05) is 0 Å². The van der Waals surface area contributed by atoms with Crippen LogP contribution in [0.5, 0.6) is 5.75 Å². The minimum absolute atomic E-state index is 0.233. The van der Waals surface area contributed by atoms with Gasteiger partial charge in [-0.1, -0.05) is 74.5 Å². The fraction of sp³-hybridized carbons (Fsp3) is 0.233. The molecule has 7 nitrogen and oxygen atoms in total. The number of aromatic nitrogens is 2. The Balaban J connectivity index is 0.00000186. The van der Waals surface area contributed by atoms with E-state index in [1.165, 1.54) is 6.92 Å². The van der Waals surface area contributed by atoms with Crippen LogP contribution in [0.3, 0.4) is 0 Å². The van der Waals surface area contributed by atoms with Crippen LogP contribution in [0.25, 0.3) is 22.4 Å². The zero-order chi connectivity index (χ0) is 26.9. The van der Waals surface area contributed by atoms with E-state index in [1.54, 1.807) is 29.9 Å². The highest BCUT2D eigenvalue weighted by molar-refractivity contribution is 5.93. The third-order valence-electron chi connectivity index (χ3n) is 5.72. The summed E-state index contributed by atoms with van der Waals surface area (Å²) in [4.78, 5) is 23.9. The largest absolute Gasteiger partial charge is 0.479 e. The lowest BCUT2D eigenvalue weighted by Crippen LogP contribution is -2.25. The van der Waals surface area contributed by atoms with Gasteiger partial charge in [-0.3, -0.25) is 9.48 Å². The van der Waals surface area contributed by atoms with Crippen molar-refractivity contribution in [2.24, 2.45) is 7.05 Å². The molecule has 4 aromatic rings. The number of carboxylic acids is 1. The van der Waals surface area contributed by atoms with Gasteiger partial charge < -0.3 is 15.2 Å². The topological polar surface area (TPSA) is 93.5 Å². The Morgan fingerprint density at radius 2 is 1.62 bits per heavy atom. The number of rotatable bonds is 8. The molecule has 0 aliphatic heterocycles. The Labute approximate surface area is 217 Å². The average Bonchev–Trinajstić information content (AvgIpc) is 3.32. The number of carbonyl (C=O) groups is 2. The lowest BCUT2D eigenvalue weighted by atomic mass is 10.0. The van der Waals surface area contributed by atoms with Gasteiger partial charge in [0.1, 0.15) is 11.4 Å². The first-order chi connectivity index (χ1) is 17.8. The normalized spacial score (nSPS) is 11.2. The number of ether oxygens (including phenoxy) is 1. The molecule has 3 aromatic carbocycles. The van der Waals surface area contributed by atoms with Gasteiger partial charge in [0, 0.05) is 19.2 Å². The van der Waals surface area contributed by atoms with Crippen molar-refractivity contribution in [3.63, 3.8) is 0 Å². The number of aryl methyl sites for hydroxylation is 2. The van der Waals surface area contributed by atoms with Gasteiger partial charge in [0.25, 0.3) is 5.91 Å². The van der Waals surface area contributed by atoms with Crippen molar-refractivity contribution in [3.05, 3.63) is 95.7 Å². The van der Waals surface area contributed by atoms with E-state index in [0.717, 1.165) is 33.5 Å². The lowest BCUT2D eigenvalue weighted by Gasteiger charge is -2.14. The van der Waals surface area contributed by atoms with Gasteiger partial charge in [-0.05, 0) is 54.3 Å². The Morgan fingerprint density at radius 1 is 0.946 bits per heavy atom. The number of benzene rings is 3. The molecule has 1 amide bonds. The highest BCUT2D eigenvalue weighted by Crippen LogP contribution is 2.26. The van der Waals surface area contributed by atoms with Crippen LogP contribution in [0.1, 0.15) is 42.4 Å². The standard InChI is InChI=1S/C28H27N3O4.C2H6/c1-18-14-20(12-13-26(18)35-19(2)28(33)34)17-29-27(32)25-16-24(30-31(25)3)23-11-7-10-22(15-23)21-8-5-4-6-9-21;1-2/h4-16,19H,17H2,1-3H3,(H,29,32)(H,33,34);1-2H3. The first kappa shape index (κ1) is 27.2. The first-order valence-corrected chi connectivity index (χ1v) is 12.3. The highest BCUT2D eigenvalue weighted by Gasteiger charge is 2.16. The third kappa shape index (κ3) is 6.85. The number of carboxylic acid groups (broad SMARTS) is 1. The molecule has 0 aliphatic carbocycles. The number of hydrogen-bond donors (Lipinski definition) is 2. The van der Waals surface area contributed by atoms with E-state index in [2.05, 4.69) is 34.7 Å². The second-order valence-electron chi connectivity index (χ2n) is 8.37. The third-order valence-corrected chi connectivity index (χ3v) is 5.72. The summed E-state index contributed by atoms with van der Waals surface area (Å²) in [6.07, 6.45) is -0.938. The molecule has 0 bridgehead atoms. The molecule has 1 unspecified atom stereocenters. The van der Waals surface area contributed by atoms with E-state index < -0.39 is 12.1 Å². The van der Waals surface area contributed by atoms with Crippen LogP contribution in [-0.2, 0) is 18.4 Å². The highest BCUT2D eigenvalue weighted by atomic mass is 16.5. The first-order valence-electron chi connectivity index (χ1n) is 12.3. The van der Waals surface area contributed by atoms with Gasteiger partial charge in [0.15, 0.2) is 6.10 Å². The summed E-state index contributed by atoms with van der Waals surface area (Å²) >= 11 is 0. The molecule has 37 heavy (non-hydrogen) atoms. The molecule has 1 atom stereocenters. The van der Waals surface area contributed by atoms with Crippen molar-refractivity contribution in [1.82, 2.24) is 15.1 Å². The van der Waals surface area contributed by atoms with Gasteiger partial charge in [-0.25, -0.2) is 4.79 Å². The van der Waals surface area contributed by atoms with Crippen molar-refractivity contribution in [2.45, 2.75) is 40.3 Å². The predicted molar refractivity (Wildman–Crippen MR) is 146 cm³/mol. The summed E-state index contributed by atoms with van der Waals surface area (Å²) in [6, 6.07) is 25.4. The molecule has 0 aliphatic rings. The van der Waals surface area contributed by atoms with E-state index in [9.17, 15) is 9.59 Å². The second-order valence-corrected chi connectivity index (χ2v) is 8.37. The Morgan fingerprint density at radius 3 is 2.30 bits per heavy atom. The van der Waals surface area contributed by atoms with E-state index in [1.807, 2.05) is 57.2 Å². The van der Waals surface area contributed by atoms with E-state index in [-0.39, 0.29) is 5.91 Å². The number of hydrogen-bond acceptors (Lipinski definition) is 4. The molecular formula is C30H33N3O4. The van der Waals surface area contributed by atoms with Crippen LogP contribution in [0.2, 0.25) is 0 Å². The Kier molecular flexibility index (Phi) is 9.21. The fourth-order valence-corrected chi connectivity index (χ4v) is 3.78. The SMILES string of the molecule is CC.Cc1cc(CNC(=O)c2cc(-c3cccc(-c4ccccc4)c3)nn2C)ccc1OC(C)C(=O)O. The number of nitrogens with one attached hydrogen (secondary N) is 1. The summed E-state index contributed by atoms with van der Waals surface area (Å²) in [5, 5.41) is 16.5. The van der Waals surface area contributed by atoms with Crippen LogP contribution >= 0.6 is 0 Å². The zero-order valence-corrected chi connectivity index (χ0v) is 21.9. The number of nitrogens with zero attached hydrogens (tertiary/aromatic N) is 2. The number of aliphatic carboxylic acids is 1. The van der Waals surface area contributed by atoms with Crippen LogP contribution in [0, 0.1) is 6.92 Å². The molecule has 1 aromatic heterocycles. The second kappa shape index (κ2) is 12.5. The number of amides is 1. The molecular weight excluding hydrogens is 466 g/mol. The molecule has 4 rings (SSSR count). The van der Waals surface area contributed by atoms with E-state index in [0.29, 0.717) is 18.0 Å². The summed E-state index contributed by atoms with van der Waals surface area (Å²) in [7, 11) is 1.75. The van der Waals surface area contributed by atoms with Gasteiger partial charge in [0.2, 0.25) is 0 Å². The maximum atomic E-state index is 12.9. The number of carbonyl (C=O) groups excluding carboxylic acids is 1. The monoisotopic (exact) mass is 499 g/mol. The minimum atomic E-state index is -1.02. The lowest BCUT2D eigenvalue weighted by molar-refractivity contribution is -0.144. The van der Waals surface area contributed by atoms with Crippen LogP contribution in [-0.4, -0.2) is 32.9 Å². The summed E-state index contributed by atoms with van der Waals surface area (Å²) in [6.45, 7) is 7.64. The fourth-order valence-electron chi connectivity index (χ4n) is 3.78. The molecule has 1 heterocycles. The van der Waals surface area contributed by atoms with Crippen LogP contribution in [0.15, 0.2) is 78.9 Å². The molecule has 0 spiro atoms. The molecule has 7 heteroatoms. The quantitative estimate of drug-likeness (QED) is 0.316. The van der Waals surface area contributed by atoms with Crippen molar-refractivity contribution < 1.29 is 19.4 Å². The summed E-state index contributed by atoms with van der Waals surface area (Å²) in [5.74, 6) is -0.755. The maximum Gasteiger partial charge on any atom is 0.344 e. The van der Waals surface area contributed by atoms with Crippen molar-refractivity contribution >= 4 is 11.9 Å². The maximum absolute atomic E-state index is 12.9. The van der Waals surface area contributed by atoms with Crippen LogP contribution in [0.4, 0.5) is 0 Å². The van der Waals surface area contributed by atoms with Crippen molar-refractivity contribution in [1.29, 1.82) is 0 Å². The molecule has 2 N–H and O–H groups in total. The Hall–Kier alpha value is -4.39. The van der Waals surface area contributed by atoms with Crippen molar-refractivity contribution in [3.8, 4) is 28.1 Å². The zero-order valence-electron chi connectivity index (χ0n) is 21.9. The van der Waals surface area contributed by atoms with E-state index in [4.69, 9.17) is 9.84 Å². The molecule has 0 radical (unpaired) electrons. The average molecular weight is 500 g/mol. The molecule has 0 saturated heterocycles. The van der Waals surface area contributed by atoms with Gasteiger partial charge in [-0.15, -0.1) is 0 Å². The van der Waals surface area contributed by atoms with Crippen LogP contribution < -0.4 is 10.1 Å². The van der Waals surface area contributed by atoms with Gasteiger partial charge >= 0.3 is 5.97 Å². The van der Waals surface area contributed by atoms with Gasteiger partial charge in [0.05, 0.1) is 5.69 Å². The summed E-state index contributed by atoms with van der Waals surface area (Å²) in [5.41, 5.74) is 5.99.